The number of hydrogen-bond acceptors (Lipinski definition) is 7. The monoisotopic (exact) mass is 485 g/mol. The van der Waals surface area contributed by atoms with E-state index in [0.717, 1.165) is 10.4 Å². The van der Waals surface area contributed by atoms with Gasteiger partial charge in [0.05, 0.1) is 24.8 Å². The standard InChI is InChI=1S/C24H23NO6S2/c1-4-12-31-23-17(6-5-7-19(23)30-3)18-13-21(26)25-22-20(14-32-24(18)22)33(27,28)16-10-8-15(29-2)9-11-16/h4-11,14,18H,1,12-13H2,2-3H3,(H,25,26)/t18-/m1/s1. The molecule has 3 aromatic rings. The molecule has 0 fully saturated rings. The van der Waals surface area contributed by atoms with Crippen LogP contribution in [0.5, 0.6) is 17.2 Å². The van der Waals surface area contributed by atoms with Crippen molar-refractivity contribution in [3.8, 4) is 17.2 Å². The quantitative estimate of drug-likeness (QED) is 0.468. The number of para-hydroxylation sites is 1. The van der Waals surface area contributed by atoms with E-state index in [0.29, 0.717) is 22.9 Å². The summed E-state index contributed by atoms with van der Waals surface area (Å²) in [5.41, 5.74) is 1.07. The SMILES string of the molecule is C=CCOc1c(OC)cccc1[C@H]1CC(=O)Nc2c(S(=O)(=O)c3ccc(OC)cc3)csc21. The van der Waals surface area contributed by atoms with Gasteiger partial charge in [0.25, 0.3) is 0 Å². The third-order valence-electron chi connectivity index (χ3n) is 5.37. The van der Waals surface area contributed by atoms with Crippen molar-refractivity contribution in [2.24, 2.45) is 0 Å². The molecule has 0 unspecified atom stereocenters. The van der Waals surface area contributed by atoms with E-state index in [1.807, 2.05) is 12.1 Å². The summed E-state index contributed by atoms with van der Waals surface area (Å²) in [7, 11) is -0.798. The summed E-state index contributed by atoms with van der Waals surface area (Å²) < 4.78 is 43.2. The Bertz CT molecular complexity index is 1290. The number of fused-ring (bicyclic) bond motifs is 1. The van der Waals surface area contributed by atoms with E-state index in [1.165, 1.54) is 30.6 Å². The maximum Gasteiger partial charge on any atom is 0.225 e. The average Bonchev–Trinajstić information content (AvgIpc) is 3.26. The minimum atomic E-state index is -3.86. The summed E-state index contributed by atoms with van der Waals surface area (Å²) in [6.45, 7) is 3.95. The molecule has 0 saturated heterocycles. The van der Waals surface area contributed by atoms with E-state index in [4.69, 9.17) is 14.2 Å². The van der Waals surface area contributed by atoms with Gasteiger partial charge in [0.2, 0.25) is 15.7 Å². The number of hydrogen-bond donors (Lipinski definition) is 1. The van der Waals surface area contributed by atoms with Crippen LogP contribution in [0.15, 0.2) is 70.3 Å². The summed E-state index contributed by atoms with van der Waals surface area (Å²) in [4.78, 5) is 13.6. The summed E-state index contributed by atoms with van der Waals surface area (Å²) >= 11 is 1.30. The molecule has 2 aromatic carbocycles. The van der Waals surface area contributed by atoms with Crippen LogP contribution in [0.2, 0.25) is 0 Å². The van der Waals surface area contributed by atoms with Gasteiger partial charge >= 0.3 is 0 Å². The fourth-order valence-corrected chi connectivity index (χ4v) is 6.70. The predicted molar refractivity (Wildman–Crippen MR) is 127 cm³/mol. The third-order valence-corrected chi connectivity index (χ3v) is 8.40. The number of ether oxygens (including phenoxy) is 3. The number of carbonyl (C=O) groups excluding carboxylic acids is 1. The molecule has 7 nitrogen and oxygen atoms in total. The lowest BCUT2D eigenvalue weighted by molar-refractivity contribution is -0.116. The number of rotatable bonds is 8. The van der Waals surface area contributed by atoms with Crippen molar-refractivity contribution in [1.29, 1.82) is 0 Å². The van der Waals surface area contributed by atoms with Crippen LogP contribution >= 0.6 is 11.3 Å². The Balaban J connectivity index is 1.81. The third kappa shape index (κ3) is 4.21. The smallest absolute Gasteiger partial charge is 0.225 e. The van der Waals surface area contributed by atoms with Crippen molar-refractivity contribution in [2.45, 2.75) is 22.1 Å². The van der Waals surface area contributed by atoms with Crippen molar-refractivity contribution in [3.63, 3.8) is 0 Å². The van der Waals surface area contributed by atoms with Gasteiger partial charge in [0.15, 0.2) is 11.5 Å². The van der Waals surface area contributed by atoms with Gasteiger partial charge in [0.1, 0.15) is 17.3 Å². The Labute approximate surface area is 196 Å². The minimum absolute atomic E-state index is 0.0715. The Kier molecular flexibility index (Phi) is 6.44. The molecule has 2 heterocycles. The lowest BCUT2D eigenvalue weighted by Gasteiger charge is -2.26. The fourth-order valence-electron chi connectivity index (χ4n) is 3.80. The first kappa shape index (κ1) is 22.9. The Hall–Kier alpha value is -3.30. The molecule has 33 heavy (non-hydrogen) atoms. The lowest BCUT2D eigenvalue weighted by atomic mass is 9.89. The van der Waals surface area contributed by atoms with Gasteiger partial charge in [0, 0.05) is 28.2 Å². The second-order valence-electron chi connectivity index (χ2n) is 7.30. The van der Waals surface area contributed by atoms with Crippen molar-refractivity contribution in [3.05, 3.63) is 70.9 Å². The van der Waals surface area contributed by atoms with Crippen LogP contribution in [0, 0.1) is 0 Å². The second kappa shape index (κ2) is 9.29. The zero-order valence-electron chi connectivity index (χ0n) is 18.2. The molecule has 1 amide bonds. The zero-order chi connectivity index (χ0) is 23.6. The molecule has 1 aromatic heterocycles. The minimum Gasteiger partial charge on any atom is -0.497 e. The summed E-state index contributed by atoms with van der Waals surface area (Å²) in [5, 5.41) is 4.35. The molecule has 0 bridgehead atoms. The number of anilines is 1. The van der Waals surface area contributed by atoms with E-state index >= 15 is 0 Å². The van der Waals surface area contributed by atoms with Crippen LogP contribution in [0.1, 0.15) is 22.8 Å². The first-order valence-corrected chi connectivity index (χ1v) is 12.5. The first-order chi connectivity index (χ1) is 15.9. The average molecular weight is 486 g/mol. The molecule has 0 aliphatic carbocycles. The van der Waals surface area contributed by atoms with Gasteiger partial charge < -0.3 is 19.5 Å². The van der Waals surface area contributed by atoms with E-state index < -0.39 is 9.84 Å². The molecule has 1 aliphatic rings. The van der Waals surface area contributed by atoms with Gasteiger partial charge in [-0.1, -0.05) is 24.8 Å². The number of benzene rings is 2. The maximum atomic E-state index is 13.4. The molecular formula is C24H23NO6S2. The molecule has 1 atom stereocenters. The number of sulfone groups is 1. The van der Waals surface area contributed by atoms with Gasteiger partial charge in [-0.3, -0.25) is 4.79 Å². The topological polar surface area (TPSA) is 90.9 Å². The molecule has 4 rings (SSSR count). The van der Waals surface area contributed by atoms with Crippen molar-refractivity contribution < 1.29 is 27.4 Å². The van der Waals surface area contributed by atoms with E-state index in [9.17, 15) is 13.2 Å². The molecule has 9 heteroatoms. The second-order valence-corrected chi connectivity index (χ2v) is 10.1. The predicted octanol–water partition coefficient (Wildman–Crippen LogP) is 4.64. The normalized spacial score (nSPS) is 15.3. The van der Waals surface area contributed by atoms with Crippen molar-refractivity contribution >= 4 is 32.8 Å². The maximum absolute atomic E-state index is 13.4. The number of methoxy groups -OCH3 is 2. The molecular weight excluding hydrogens is 462 g/mol. The van der Waals surface area contributed by atoms with Crippen molar-refractivity contribution in [1.82, 2.24) is 0 Å². The van der Waals surface area contributed by atoms with Crippen LogP contribution < -0.4 is 19.5 Å². The number of nitrogens with one attached hydrogen (secondary N) is 1. The molecule has 1 N–H and O–H groups in total. The van der Waals surface area contributed by atoms with Crippen LogP contribution in [0.4, 0.5) is 5.69 Å². The van der Waals surface area contributed by atoms with Crippen molar-refractivity contribution in [2.75, 3.05) is 26.1 Å². The molecule has 1 aliphatic heterocycles. The van der Waals surface area contributed by atoms with E-state index in [-0.39, 0.29) is 34.6 Å². The van der Waals surface area contributed by atoms with Gasteiger partial charge in [-0.15, -0.1) is 11.3 Å². The highest BCUT2D eigenvalue weighted by molar-refractivity contribution is 7.91. The Morgan fingerprint density at radius 2 is 1.91 bits per heavy atom. The van der Waals surface area contributed by atoms with E-state index in [1.54, 1.807) is 36.8 Å². The number of thiophene rings is 1. The highest BCUT2D eigenvalue weighted by Gasteiger charge is 2.36. The highest BCUT2D eigenvalue weighted by Crippen LogP contribution is 2.49. The zero-order valence-corrected chi connectivity index (χ0v) is 19.8. The summed E-state index contributed by atoms with van der Waals surface area (Å²) in [6, 6.07) is 11.6. The van der Waals surface area contributed by atoms with Crippen LogP contribution in [-0.4, -0.2) is 35.2 Å². The molecule has 0 saturated carbocycles. The first-order valence-electron chi connectivity index (χ1n) is 10.1. The summed E-state index contributed by atoms with van der Waals surface area (Å²) in [5.74, 6) is 0.950. The Morgan fingerprint density at radius 3 is 2.58 bits per heavy atom. The summed E-state index contributed by atoms with van der Waals surface area (Å²) in [6.07, 6.45) is 1.78. The largest absolute Gasteiger partial charge is 0.497 e. The van der Waals surface area contributed by atoms with Gasteiger partial charge in [-0.05, 0) is 30.3 Å². The van der Waals surface area contributed by atoms with Gasteiger partial charge in [-0.2, -0.15) is 0 Å². The van der Waals surface area contributed by atoms with Crippen LogP contribution in [0.25, 0.3) is 0 Å². The van der Waals surface area contributed by atoms with Gasteiger partial charge in [-0.25, -0.2) is 8.42 Å². The van der Waals surface area contributed by atoms with Crippen LogP contribution in [-0.2, 0) is 14.6 Å². The number of carbonyl (C=O) groups is 1. The lowest BCUT2D eigenvalue weighted by Crippen LogP contribution is -2.24. The molecule has 172 valence electrons. The van der Waals surface area contributed by atoms with Crippen LogP contribution in [0.3, 0.4) is 0 Å². The fraction of sp³-hybridized carbons (Fsp3) is 0.208. The Morgan fingerprint density at radius 1 is 1.15 bits per heavy atom. The molecule has 0 radical (unpaired) electrons. The highest BCUT2D eigenvalue weighted by atomic mass is 32.2. The number of amides is 1. The molecule has 0 spiro atoms. The van der Waals surface area contributed by atoms with E-state index in [2.05, 4.69) is 11.9 Å².